The lowest BCUT2D eigenvalue weighted by Crippen LogP contribution is -2.25. The molecule has 1 aliphatic heterocycles. The highest BCUT2D eigenvalue weighted by atomic mass is 32.2. The summed E-state index contributed by atoms with van der Waals surface area (Å²) in [6, 6.07) is 5.75. The normalized spacial score (nSPS) is 17.2. The number of benzene rings is 1. The standard InChI is InChI=1S/C17H20N2O4S/c1-3-5-12-11(10-14-16(21)19-17(22)24-14)6-4-7-13(12)18-9-8-15(20)23-2/h3-7,14,18H,8-10H2,1-2H3,(H,19,21,22)/b5-3-. The van der Waals surface area contributed by atoms with Gasteiger partial charge in [-0.05, 0) is 25.0 Å². The number of anilines is 1. The zero-order valence-corrected chi connectivity index (χ0v) is 14.4. The maximum Gasteiger partial charge on any atom is 0.307 e. The summed E-state index contributed by atoms with van der Waals surface area (Å²) in [6.45, 7) is 2.37. The molecule has 0 radical (unpaired) electrons. The summed E-state index contributed by atoms with van der Waals surface area (Å²) < 4.78 is 4.63. The van der Waals surface area contributed by atoms with E-state index in [0.717, 1.165) is 28.6 Å². The minimum atomic E-state index is -0.410. The van der Waals surface area contributed by atoms with Crippen molar-refractivity contribution in [3.63, 3.8) is 0 Å². The number of methoxy groups -OCH3 is 1. The third-order valence-corrected chi connectivity index (χ3v) is 4.56. The summed E-state index contributed by atoms with van der Waals surface area (Å²) in [5, 5.41) is 4.82. The molecule has 0 spiro atoms. The number of amides is 2. The number of allylic oxidation sites excluding steroid dienone is 1. The quantitative estimate of drug-likeness (QED) is 0.737. The zero-order valence-electron chi connectivity index (χ0n) is 13.6. The topological polar surface area (TPSA) is 84.5 Å². The highest BCUT2D eigenvalue weighted by Gasteiger charge is 2.32. The van der Waals surface area contributed by atoms with Crippen LogP contribution in [-0.2, 0) is 20.7 Å². The van der Waals surface area contributed by atoms with Crippen molar-refractivity contribution in [1.29, 1.82) is 0 Å². The summed E-state index contributed by atoms with van der Waals surface area (Å²) in [5.74, 6) is -0.524. The highest BCUT2D eigenvalue weighted by molar-refractivity contribution is 8.15. The van der Waals surface area contributed by atoms with Gasteiger partial charge in [0.15, 0.2) is 0 Å². The molecule has 7 heteroatoms. The Morgan fingerprint density at radius 3 is 2.83 bits per heavy atom. The monoisotopic (exact) mass is 348 g/mol. The lowest BCUT2D eigenvalue weighted by atomic mass is 10.00. The lowest BCUT2D eigenvalue weighted by molar-refractivity contribution is -0.140. The third kappa shape index (κ3) is 4.61. The summed E-state index contributed by atoms with van der Waals surface area (Å²) in [4.78, 5) is 34.3. The molecule has 6 nitrogen and oxygen atoms in total. The number of carbonyl (C=O) groups excluding carboxylic acids is 3. The number of nitrogens with one attached hydrogen (secondary N) is 2. The van der Waals surface area contributed by atoms with Gasteiger partial charge in [-0.25, -0.2) is 0 Å². The van der Waals surface area contributed by atoms with Crippen molar-refractivity contribution in [2.45, 2.75) is 25.0 Å². The van der Waals surface area contributed by atoms with Crippen molar-refractivity contribution in [1.82, 2.24) is 5.32 Å². The fraction of sp³-hybridized carbons (Fsp3) is 0.353. The van der Waals surface area contributed by atoms with Crippen LogP contribution in [0.3, 0.4) is 0 Å². The van der Waals surface area contributed by atoms with E-state index < -0.39 is 5.25 Å². The van der Waals surface area contributed by atoms with E-state index in [1.165, 1.54) is 7.11 Å². The summed E-state index contributed by atoms with van der Waals surface area (Å²) >= 11 is 1.02. The molecule has 2 N–H and O–H groups in total. The Morgan fingerprint density at radius 1 is 1.42 bits per heavy atom. The van der Waals surface area contributed by atoms with E-state index in [2.05, 4.69) is 15.4 Å². The fourth-order valence-electron chi connectivity index (χ4n) is 2.44. The van der Waals surface area contributed by atoms with Crippen LogP contribution in [0.4, 0.5) is 10.5 Å². The molecule has 1 aromatic carbocycles. The number of carbonyl (C=O) groups is 3. The van der Waals surface area contributed by atoms with Crippen molar-refractivity contribution < 1.29 is 19.1 Å². The van der Waals surface area contributed by atoms with Crippen molar-refractivity contribution in [2.75, 3.05) is 19.0 Å². The summed E-state index contributed by atoms with van der Waals surface area (Å²) in [6.07, 6.45) is 4.60. The molecule has 0 aliphatic carbocycles. The Balaban J connectivity index is 2.15. The van der Waals surface area contributed by atoms with Gasteiger partial charge in [-0.3, -0.25) is 19.7 Å². The van der Waals surface area contributed by atoms with E-state index in [0.29, 0.717) is 13.0 Å². The number of thioether (sulfide) groups is 1. The average molecular weight is 348 g/mol. The molecular formula is C17H20N2O4S. The van der Waals surface area contributed by atoms with Crippen molar-refractivity contribution >= 4 is 40.6 Å². The number of hydrogen-bond donors (Lipinski definition) is 2. The fourth-order valence-corrected chi connectivity index (χ4v) is 3.28. The van der Waals surface area contributed by atoms with E-state index in [1.54, 1.807) is 0 Å². The average Bonchev–Trinajstić information content (AvgIpc) is 2.87. The zero-order chi connectivity index (χ0) is 17.5. The molecule has 1 atom stereocenters. The molecular weight excluding hydrogens is 328 g/mol. The van der Waals surface area contributed by atoms with Crippen LogP contribution in [0.2, 0.25) is 0 Å². The van der Waals surface area contributed by atoms with Gasteiger partial charge >= 0.3 is 5.97 Å². The van der Waals surface area contributed by atoms with Crippen molar-refractivity contribution in [3.8, 4) is 0 Å². The number of rotatable bonds is 7. The van der Waals surface area contributed by atoms with Crippen molar-refractivity contribution in [2.24, 2.45) is 0 Å². The molecule has 1 aliphatic rings. The minimum absolute atomic E-state index is 0.250. The first kappa shape index (κ1) is 18.1. The number of esters is 1. The molecule has 0 saturated carbocycles. The van der Waals surface area contributed by atoms with Crippen LogP contribution in [0, 0.1) is 0 Å². The molecule has 2 rings (SSSR count). The smallest absolute Gasteiger partial charge is 0.307 e. The first-order chi connectivity index (χ1) is 11.5. The maximum absolute atomic E-state index is 11.8. The number of hydrogen-bond acceptors (Lipinski definition) is 6. The predicted octanol–water partition coefficient (Wildman–Crippen LogP) is 2.59. The molecule has 2 amide bonds. The van der Waals surface area contributed by atoms with Crippen LogP contribution in [0.25, 0.3) is 6.08 Å². The number of imide groups is 1. The molecule has 1 aromatic rings. The van der Waals surface area contributed by atoms with E-state index in [1.807, 2.05) is 37.3 Å². The van der Waals surface area contributed by atoms with Gasteiger partial charge in [0.05, 0.1) is 18.8 Å². The molecule has 1 saturated heterocycles. The van der Waals surface area contributed by atoms with Gasteiger partial charge in [0.2, 0.25) is 5.91 Å². The Morgan fingerprint density at radius 2 is 2.21 bits per heavy atom. The van der Waals surface area contributed by atoms with Crippen LogP contribution in [-0.4, -0.2) is 36.0 Å². The Bertz CT molecular complexity index is 673. The summed E-state index contributed by atoms with van der Waals surface area (Å²) in [5.41, 5.74) is 2.81. The maximum atomic E-state index is 11.8. The number of ether oxygens (including phenoxy) is 1. The van der Waals surface area contributed by atoms with Gasteiger partial charge in [-0.1, -0.05) is 36.0 Å². The molecule has 128 valence electrons. The second-order valence-corrected chi connectivity index (χ2v) is 6.39. The highest BCUT2D eigenvalue weighted by Crippen LogP contribution is 2.28. The van der Waals surface area contributed by atoms with Crippen LogP contribution >= 0.6 is 11.8 Å². The second-order valence-electron chi connectivity index (χ2n) is 5.22. The van der Waals surface area contributed by atoms with Gasteiger partial charge in [0, 0.05) is 17.8 Å². The predicted molar refractivity (Wildman–Crippen MR) is 94.9 cm³/mol. The van der Waals surface area contributed by atoms with E-state index in [4.69, 9.17) is 0 Å². The molecule has 1 fully saturated rings. The molecule has 24 heavy (non-hydrogen) atoms. The molecule has 0 bridgehead atoms. The van der Waals surface area contributed by atoms with E-state index in [-0.39, 0.29) is 23.5 Å². The Labute approximate surface area is 145 Å². The molecule has 1 unspecified atom stereocenters. The van der Waals surface area contributed by atoms with Gasteiger partial charge in [-0.2, -0.15) is 0 Å². The molecule has 0 aromatic heterocycles. The Kier molecular flexibility index (Phi) is 6.43. The van der Waals surface area contributed by atoms with Gasteiger partial charge < -0.3 is 10.1 Å². The van der Waals surface area contributed by atoms with Gasteiger partial charge in [-0.15, -0.1) is 0 Å². The summed E-state index contributed by atoms with van der Waals surface area (Å²) in [7, 11) is 1.36. The van der Waals surface area contributed by atoms with E-state index >= 15 is 0 Å². The third-order valence-electron chi connectivity index (χ3n) is 3.57. The van der Waals surface area contributed by atoms with Crippen LogP contribution < -0.4 is 10.6 Å². The lowest BCUT2D eigenvalue weighted by Gasteiger charge is -2.15. The molecule has 1 heterocycles. The van der Waals surface area contributed by atoms with Crippen LogP contribution in [0.5, 0.6) is 0 Å². The van der Waals surface area contributed by atoms with Crippen LogP contribution in [0.1, 0.15) is 24.5 Å². The largest absolute Gasteiger partial charge is 0.469 e. The minimum Gasteiger partial charge on any atom is -0.469 e. The second kappa shape index (κ2) is 8.54. The first-order valence-corrected chi connectivity index (χ1v) is 8.50. The van der Waals surface area contributed by atoms with Crippen molar-refractivity contribution in [3.05, 3.63) is 35.4 Å². The van der Waals surface area contributed by atoms with Gasteiger partial charge in [0.1, 0.15) is 0 Å². The van der Waals surface area contributed by atoms with Crippen LogP contribution in [0.15, 0.2) is 24.3 Å². The SMILES string of the molecule is C/C=C\c1c(CC2SC(=O)NC2=O)cccc1NCCC(=O)OC. The van der Waals surface area contributed by atoms with Gasteiger partial charge in [0.25, 0.3) is 5.24 Å². The Hall–Kier alpha value is -2.28. The van der Waals surface area contributed by atoms with E-state index in [9.17, 15) is 14.4 Å². The first-order valence-electron chi connectivity index (χ1n) is 7.62.